The number of hydrogen-bond acceptors (Lipinski definition) is 2. The van der Waals surface area contributed by atoms with E-state index in [1.165, 1.54) is 17.5 Å². The predicted molar refractivity (Wildman–Crippen MR) is 68.1 cm³/mol. The van der Waals surface area contributed by atoms with Gasteiger partial charge >= 0.3 is 5.97 Å². The van der Waals surface area contributed by atoms with Gasteiger partial charge in [-0.15, -0.1) is 0 Å². The fraction of sp³-hybridized carbons (Fsp3) is 0.533. The van der Waals surface area contributed by atoms with E-state index in [0.29, 0.717) is 5.75 Å². The maximum absolute atomic E-state index is 11.9. The first-order chi connectivity index (χ1) is 8.16. The molecule has 0 unspecified atom stereocenters. The Bertz CT molecular complexity index is 403. The summed E-state index contributed by atoms with van der Waals surface area (Å²) in [6.45, 7) is 4.09. The maximum atomic E-state index is 11.9. The zero-order chi connectivity index (χ0) is 12.3. The molecule has 1 aromatic rings. The number of rotatable bonds is 2. The van der Waals surface area contributed by atoms with Crippen LogP contribution in [0.2, 0.25) is 0 Å². The molecule has 0 heterocycles. The number of carbonyl (C=O) groups is 1. The summed E-state index contributed by atoms with van der Waals surface area (Å²) >= 11 is 0. The van der Waals surface area contributed by atoms with Crippen LogP contribution < -0.4 is 4.74 Å². The third-order valence-electron chi connectivity index (χ3n) is 3.64. The van der Waals surface area contributed by atoms with E-state index in [0.717, 1.165) is 25.7 Å². The van der Waals surface area contributed by atoms with Crippen molar-refractivity contribution in [2.24, 2.45) is 5.92 Å². The minimum atomic E-state index is -0.0482. The van der Waals surface area contributed by atoms with Gasteiger partial charge in [0.15, 0.2) is 0 Å². The Labute approximate surface area is 103 Å². The van der Waals surface area contributed by atoms with Gasteiger partial charge in [0, 0.05) is 0 Å². The minimum Gasteiger partial charge on any atom is -0.426 e. The first-order valence-electron chi connectivity index (χ1n) is 6.46. The Balaban J connectivity index is 1.99. The van der Waals surface area contributed by atoms with Crippen LogP contribution in [0.5, 0.6) is 5.75 Å². The van der Waals surface area contributed by atoms with Gasteiger partial charge in [-0.3, -0.25) is 4.79 Å². The quantitative estimate of drug-likeness (QED) is 0.573. The van der Waals surface area contributed by atoms with Crippen LogP contribution in [0.25, 0.3) is 0 Å². The van der Waals surface area contributed by atoms with Crippen molar-refractivity contribution < 1.29 is 9.53 Å². The molecule has 0 aliphatic heterocycles. The third kappa shape index (κ3) is 3.09. The molecule has 92 valence electrons. The highest BCUT2D eigenvalue weighted by molar-refractivity contribution is 5.75. The molecule has 2 nitrogen and oxygen atoms in total. The molecule has 2 heteroatoms. The lowest BCUT2D eigenvalue weighted by molar-refractivity contribution is -0.139. The summed E-state index contributed by atoms with van der Waals surface area (Å²) in [6, 6.07) is 5.82. The molecule has 0 radical (unpaired) electrons. The summed E-state index contributed by atoms with van der Waals surface area (Å²) in [7, 11) is 0. The molecule has 1 aromatic carbocycles. The fourth-order valence-corrected chi connectivity index (χ4v) is 2.32. The zero-order valence-corrected chi connectivity index (χ0v) is 10.7. The SMILES string of the molecule is Cc1ccc(OC(=O)C2CCCCC2)cc1C. The lowest BCUT2D eigenvalue weighted by Crippen LogP contribution is -2.22. The molecule has 1 saturated carbocycles. The van der Waals surface area contributed by atoms with Crippen molar-refractivity contribution in [1.29, 1.82) is 0 Å². The van der Waals surface area contributed by atoms with Crippen molar-refractivity contribution in [1.82, 2.24) is 0 Å². The molecular weight excluding hydrogens is 212 g/mol. The number of carbonyl (C=O) groups excluding carboxylic acids is 1. The van der Waals surface area contributed by atoms with E-state index in [9.17, 15) is 4.79 Å². The summed E-state index contributed by atoms with van der Waals surface area (Å²) in [6.07, 6.45) is 5.56. The molecule has 1 fully saturated rings. The molecule has 2 rings (SSSR count). The molecule has 17 heavy (non-hydrogen) atoms. The molecular formula is C15H20O2. The standard InChI is InChI=1S/C15H20O2/c1-11-8-9-14(10-12(11)2)17-15(16)13-6-4-3-5-7-13/h8-10,13H,3-7H2,1-2H3. The highest BCUT2D eigenvalue weighted by Gasteiger charge is 2.22. The van der Waals surface area contributed by atoms with Crippen molar-refractivity contribution in [2.75, 3.05) is 0 Å². The normalized spacial score (nSPS) is 16.8. The molecule has 1 aliphatic carbocycles. The molecule has 0 aromatic heterocycles. The van der Waals surface area contributed by atoms with Gasteiger partial charge in [0.05, 0.1) is 5.92 Å². The summed E-state index contributed by atoms with van der Waals surface area (Å²) in [5.41, 5.74) is 2.39. The Morgan fingerprint density at radius 3 is 2.47 bits per heavy atom. The summed E-state index contributed by atoms with van der Waals surface area (Å²) in [5.74, 6) is 0.752. The molecule has 0 spiro atoms. The third-order valence-corrected chi connectivity index (χ3v) is 3.64. The van der Waals surface area contributed by atoms with Crippen LogP contribution in [0, 0.1) is 19.8 Å². The topological polar surface area (TPSA) is 26.3 Å². The highest BCUT2D eigenvalue weighted by Crippen LogP contribution is 2.26. The molecule has 0 amide bonds. The number of aryl methyl sites for hydroxylation is 2. The van der Waals surface area contributed by atoms with Gasteiger partial charge in [-0.05, 0) is 49.9 Å². The molecule has 0 N–H and O–H groups in total. The molecule has 1 aliphatic rings. The van der Waals surface area contributed by atoms with Crippen molar-refractivity contribution in [2.45, 2.75) is 46.0 Å². The van der Waals surface area contributed by atoms with E-state index >= 15 is 0 Å². The van der Waals surface area contributed by atoms with Gasteiger partial charge < -0.3 is 4.74 Å². The van der Waals surface area contributed by atoms with Crippen LogP contribution in [0.4, 0.5) is 0 Å². The van der Waals surface area contributed by atoms with Crippen LogP contribution >= 0.6 is 0 Å². The molecule has 0 bridgehead atoms. The predicted octanol–water partition coefficient (Wildman–Crippen LogP) is 3.79. The van der Waals surface area contributed by atoms with Gasteiger partial charge in [-0.2, -0.15) is 0 Å². The van der Waals surface area contributed by atoms with E-state index in [4.69, 9.17) is 4.74 Å². The van der Waals surface area contributed by atoms with Crippen LogP contribution in [-0.4, -0.2) is 5.97 Å². The van der Waals surface area contributed by atoms with Crippen molar-refractivity contribution in [3.63, 3.8) is 0 Å². The van der Waals surface area contributed by atoms with Gasteiger partial charge in [-0.25, -0.2) is 0 Å². The van der Waals surface area contributed by atoms with Gasteiger partial charge in [-0.1, -0.05) is 25.3 Å². The fourth-order valence-electron chi connectivity index (χ4n) is 2.32. The van der Waals surface area contributed by atoms with Gasteiger partial charge in [0.25, 0.3) is 0 Å². The average Bonchev–Trinajstić information content (AvgIpc) is 2.35. The average molecular weight is 232 g/mol. The van der Waals surface area contributed by atoms with E-state index in [1.807, 2.05) is 25.1 Å². The van der Waals surface area contributed by atoms with Crippen molar-refractivity contribution >= 4 is 5.97 Å². The second kappa shape index (κ2) is 5.35. The van der Waals surface area contributed by atoms with Crippen molar-refractivity contribution in [3.05, 3.63) is 29.3 Å². The molecule has 0 saturated heterocycles. The second-order valence-corrected chi connectivity index (χ2v) is 5.00. The smallest absolute Gasteiger partial charge is 0.314 e. The van der Waals surface area contributed by atoms with Crippen LogP contribution in [0.3, 0.4) is 0 Å². The van der Waals surface area contributed by atoms with E-state index in [1.54, 1.807) is 0 Å². The number of ether oxygens (including phenoxy) is 1. The minimum absolute atomic E-state index is 0.0482. The van der Waals surface area contributed by atoms with Gasteiger partial charge in [0.2, 0.25) is 0 Å². The molecule has 0 atom stereocenters. The highest BCUT2D eigenvalue weighted by atomic mass is 16.5. The Kier molecular flexibility index (Phi) is 3.82. The lowest BCUT2D eigenvalue weighted by atomic mass is 9.89. The lowest BCUT2D eigenvalue weighted by Gasteiger charge is -2.19. The van der Waals surface area contributed by atoms with Crippen molar-refractivity contribution in [3.8, 4) is 5.75 Å². The zero-order valence-electron chi connectivity index (χ0n) is 10.7. The number of esters is 1. The number of benzene rings is 1. The Morgan fingerprint density at radius 2 is 1.82 bits per heavy atom. The van der Waals surface area contributed by atoms with Crippen LogP contribution in [-0.2, 0) is 4.79 Å². The first-order valence-corrected chi connectivity index (χ1v) is 6.46. The second-order valence-electron chi connectivity index (χ2n) is 5.00. The van der Waals surface area contributed by atoms with E-state index in [-0.39, 0.29) is 11.9 Å². The van der Waals surface area contributed by atoms with E-state index in [2.05, 4.69) is 6.92 Å². The van der Waals surface area contributed by atoms with Gasteiger partial charge in [0.1, 0.15) is 5.75 Å². The first kappa shape index (κ1) is 12.2. The van der Waals surface area contributed by atoms with Crippen LogP contribution in [0.15, 0.2) is 18.2 Å². The Morgan fingerprint density at radius 1 is 1.12 bits per heavy atom. The largest absolute Gasteiger partial charge is 0.426 e. The number of hydrogen-bond donors (Lipinski definition) is 0. The van der Waals surface area contributed by atoms with E-state index < -0.39 is 0 Å². The maximum Gasteiger partial charge on any atom is 0.314 e. The van der Waals surface area contributed by atoms with Crippen LogP contribution in [0.1, 0.15) is 43.2 Å². The summed E-state index contributed by atoms with van der Waals surface area (Å²) < 4.78 is 5.45. The monoisotopic (exact) mass is 232 g/mol. The Hall–Kier alpha value is -1.31. The summed E-state index contributed by atoms with van der Waals surface area (Å²) in [4.78, 5) is 11.9. The summed E-state index contributed by atoms with van der Waals surface area (Å²) in [5, 5.41) is 0.